The Hall–Kier alpha value is -2.49. The van der Waals surface area contributed by atoms with Crippen LogP contribution >= 0.6 is 11.6 Å². The van der Waals surface area contributed by atoms with Gasteiger partial charge in [-0.05, 0) is 30.3 Å². The topological polar surface area (TPSA) is 96.7 Å². The highest BCUT2D eigenvalue weighted by Crippen LogP contribution is 2.26. The summed E-state index contributed by atoms with van der Waals surface area (Å²) in [4.78, 5) is 12.5. The van der Waals surface area contributed by atoms with Crippen molar-refractivity contribution >= 4 is 33.2 Å². The lowest BCUT2D eigenvalue weighted by molar-refractivity contribution is 0.0949. The Morgan fingerprint density at radius 1 is 1.18 bits per heavy atom. The summed E-state index contributed by atoms with van der Waals surface area (Å²) in [5.41, 5.74) is 0.870. The van der Waals surface area contributed by atoms with Crippen LogP contribution in [0.3, 0.4) is 0 Å². The highest BCUT2D eigenvalue weighted by Gasteiger charge is 2.25. The minimum atomic E-state index is -3.78. The molecule has 1 N–H and O–H groups in total. The number of hydrogen-bond donors (Lipinski definition) is 1. The molecule has 0 radical (unpaired) electrons. The van der Waals surface area contributed by atoms with Crippen LogP contribution in [-0.2, 0) is 16.6 Å². The molecule has 2 heterocycles. The molecular formula is C18H20ClN5O3S. The molecule has 10 heteroatoms. The molecule has 8 nitrogen and oxygen atoms in total. The quantitative estimate of drug-likeness (QED) is 0.631. The van der Waals surface area contributed by atoms with Gasteiger partial charge in [-0.3, -0.25) is 9.20 Å². The monoisotopic (exact) mass is 421 g/mol. The Morgan fingerprint density at radius 2 is 1.93 bits per heavy atom. The van der Waals surface area contributed by atoms with Crippen LogP contribution in [0.5, 0.6) is 0 Å². The van der Waals surface area contributed by atoms with E-state index in [9.17, 15) is 13.2 Å². The average Bonchev–Trinajstić information content (AvgIpc) is 3.10. The average molecular weight is 422 g/mol. The summed E-state index contributed by atoms with van der Waals surface area (Å²) in [7, 11) is -3.78. The summed E-state index contributed by atoms with van der Waals surface area (Å²) in [5, 5.41) is 10.9. The minimum Gasteiger partial charge on any atom is -0.345 e. The Morgan fingerprint density at radius 3 is 2.64 bits per heavy atom. The predicted molar refractivity (Wildman–Crippen MR) is 106 cm³/mol. The first-order chi connectivity index (χ1) is 13.4. The van der Waals surface area contributed by atoms with E-state index >= 15 is 0 Å². The van der Waals surface area contributed by atoms with Gasteiger partial charge >= 0.3 is 0 Å². The standard InChI is InChI=1S/C18H20ClN5O3S/c1-3-23(4-2)28(26,27)15-11-13(8-9-14(15)19)18(25)20-12-17-22-21-16-7-5-6-10-24(16)17/h5-11H,3-4,12H2,1-2H3,(H,20,25). The van der Waals surface area contributed by atoms with Gasteiger partial charge in [-0.25, -0.2) is 8.42 Å². The van der Waals surface area contributed by atoms with Crippen molar-refractivity contribution in [3.05, 3.63) is 59.0 Å². The summed E-state index contributed by atoms with van der Waals surface area (Å²) in [6.07, 6.45) is 1.80. The van der Waals surface area contributed by atoms with E-state index < -0.39 is 15.9 Å². The second kappa shape index (κ2) is 8.26. The molecule has 0 saturated carbocycles. The Kier molecular flexibility index (Phi) is 5.97. The molecular weight excluding hydrogens is 402 g/mol. The highest BCUT2D eigenvalue weighted by atomic mass is 35.5. The van der Waals surface area contributed by atoms with Gasteiger partial charge in [-0.1, -0.05) is 31.5 Å². The lowest BCUT2D eigenvalue weighted by atomic mass is 10.2. The fourth-order valence-corrected chi connectivity index (χ4v) is 4.78. The van der Waals surface area contributed by atoms with Gasteiger partial charge in [0.15, 0.2) is 11.5 Å². The Balaban J connectivity index is 1.83. The largest absolute Gasteiger partial charge is 0.345 e. The molecule has 0 aliphatic rings. The number of amides is 1. The van der Waals surface area contributed by atoms with Gasteiger partial charge in [0.25, 0.3) is 5.91 Å². The van der Waals surface area contributed by atoms with Gasteiger partial charge in [0.05, 0.1) is 11.6 Å². The van der Waals surface area contributed by atoms with E-state index in [0.29, 0.717) is 24.6 Å². The first-order valence-electron chi connectivity index (χ1n) is 8.75. The van der Waals surface area contributed by atoms with Crippen molar-refractivity contribution in [1.82, 2.24) is 24.2 Å². The molecule has 0 atom stereocenters. The molecule has 1 aromatic carbocycles. The number of carbonyl (C=O) groups is 1. The molecule has 0 spiro atoms. The van der Waals surface area contributed by atoms with Crippen LogP contribution in [-0.4, -0.2) is 46.3 Å². The molecule has 28 heavy (non-hydrogen) atoms. The number of halogens is 1. The van der Waals surface area contributed by atoms with Crippen LogP contribution in [0.2, 0.25) is 5.02 Å². The zero-order chi connectivity index (χ0) is 20.3. The Labute approximate surface area is 168 Å². The molecule has 0 saturated heterocycles. The smallest absolute Gasteiger partial charge is 0.251 e. The van der Waals surface area contributed by atoms with Gasteiger partial charge in [0, 0.05) is 24.8 Å². The maximum absolute atomic E-state index is 12.8. The van der Waals surface area contributed by atoms with Crippen molar-refractivity contribution in [2.24, 2.45) is 0 Å². The Bertz CT molecular complexity index is 1110. The first-order valence-corrected chi connectivity index (χ1v) is 10.6. The van der Waals surface area contributed by atoms with E-state index in [0.717, 1.165) is 0 Å². The predicted octanol–water partition coefficient (Wildman–Crippen LogP) is 2.34. The van der Waals surface area contributed by atoms with Crippen molar-refractivity contribution in [2.45, 2.75) is 25.3 Å². The molecule has 148 valence electrons. The van der Waals surface area contributed by atoms with Crippen LogP contribution in [0.25, 0.3) is 5.65 Å². The van der Waals surface area contributed by atoms with E-state index in [-0.39, 0.29) is 22.0 Å². The van der Waals surface area contributed by atoms with E-state index in [1.54, 1.807) is 24.4 Å². The van der Waals surface area contributed by atoms with E-state index in [2.05, 4.69) is 15.5 Å². The van der Waals surface area contributed by atoms with Crippen LogP contribution in [0.1, 0.15) is 30.0 Å². The van der Waals surface area contributed by atoms with Crippen LogP contribution in [0.4, 0.5) is 0 Å². The molecule has 3 aromatic rings. The first kappa shape index (κ1) is 20.2. The van der Waals surface area contributed by atoms with Crippen molar-refractivity contribution in [2.75, 3.05) is 13.1 Å². The number of sulfonamides is 1. The minimum absolute atomic E-state index is 0.0758. The van der Waals surface area contributed by atoms with E-state index in [1.807, 2.05) is 18.2 Å². The van der Waals surface area contributed by atoms with Crippen LogP contribution in [0.15, 0.2) is 47.5 Å². The molecule has 0 aliphatic heterocycles. The van der Waals surface area contributed by atoms with Gasteiger partial charge in [-0.2, -0.15) is 4.31 Å². The number of aromatic nitrogens is 3. The van der Waals surface area contributed by atoms with Crippen LogP contribution < -0.4 is 5.32 Å². The van der Waals surface area contributed by atoms with E-state index in [1.165, 1.54) is 22.5 Å². The normalized spacial score (nSPS) is 11.9. The third kappa shape index (κ3) is 3.87. The van der Waals surface area contributed by atoms with Gasteiger partial charge in [0.1, 0.15) is 4.90 Å². The second-order valence-electron chi connectivity index (χ2n) is 5.96. The number of carbonyl (C=O) groups excluding carboxylic acids is 1. The van der Waals surface area contributed by atoms with Crippen molar-refractivity contribution in [3.63, 3.8) is 0 Å². The number of nitrogens with zero attached hydrogens (tertiary/aromatic N) is 4. The number of fused-ring (bicyclic) bond motifs is 1. The lowest BCUT2D eigenvalue weighted by Crippen LogP contribution is -2.31. The molecule has 0 bridgehead atoms. The van der Waals surface area contributed by atoms with Crippen molar-refractivity contribution in [3.8, 4) is 0 Å². The van der Waals surface area contributed by atoms with Gasteiger partial charge in [-0.15, -0.1) is 10.2 Å². The number of rotatable bonds is 7. The lowest BCUT2D eigenvalue weighted by Gasteiger charge is -2.19. The van der Waals surface area contributed by atoms with Gasteiger partial charge < -0.3 is 5.32 Å². The molecule has 0 aliphatic carbocycles. The van der Waals surface area contributed by atoms with Crippen LogP contribution in [0, 0.1) is 0 Å². The summed E-state index contributed by atoms with van der Waals surface area (Å²) < 4.78 is 28.6. The molecule has 0 fully saturated rings. The van der Waals surface area contributed by atoms with Crippen molar-refractivity contribution < 1.29 is 13.2 Å². The number of pyridine rings is 1. The fraction of sp³-hybridized carbons (Fsp3) is 0.278. The highest BCUT2D eigenvalue weighted by molar-refractivity contribution is 7.89. The third-order valence-electron chi connectivity index (χ3n) is 4.31. The fourth-order valence-electron chi connectivity index (χ4n) is 2.82. The van der Waals surface area contributed by atoms with Gasteiger partial charge in [0.2, 0.25) is 10.0 Å². The number of hydrogen-bond acceptors (Lipinski definition) is 5. The molecule has 3 rings (SSSR count). The summed E-state index contributed by atoms with van der Waals surface area (Å²) >= 11 is 6.11. The maximum Gasteiger partial charge on any atom is 0.251 e. The van der Waals surface area contributed by atoms with E-state index in [4.69, 9.17) is 11.6 Å². The number of benzene rings is 1. The number of nitrogens with one attached hydrogen (secondary N) is 1. The molecule has 2 aromatic heterocycles. The summed E-state index contributed by atoms with van der Waals surface area (Å²) in [6.45, 7) is 4.25. The van der Waals surface area contributed by atoms with Crippen molar-refractivity contribution in [1.29, 1.82) is 0 Å². The maximum atomic E-state index is 12.8. The molecule has 1 amide bonds. The molecule has 0 unspecified atom stereocenters. The SMILES string of the molecule is CCN(CC)S(=O)(=O)c1cc(C(=O)NCc2nnc3ccccn23)ccc1Cl. The zero-order valence-corrected chi connectivity index (χ0v) is 17.0. The summed E-state index contributed by atoms with van der Waals surface area (Å²) in [5.74, 6) is 0.134. The second-order valence-corrected chi connectivity index (χ2v) is 8.28. The third-order valence-corrected chi connectivity index (χ3v) is 6.84. The zero-order valence-electron chi connectivity index (χ0n) is 15.5. The summed E-state index contributed by atoms with van der Waals surface area (Å²) in [6, 6.07) is 9.69.